The summed E-state index contributed by atoms with van der Waals surface area (Å²) in [5, 5.41) is 3.90. The van der Waals surface area contributed by atoms with Gasteiger partial charge in [-0.3, -0.25) is 4.98 Å². The molecular formula is C23H24N4O3S2. The average molecular weight is 469 g/mol. The Kier molecular flexibility index (Phi) is 6.46. The number of sulfonamides is 1. The molecule has 7 nitrogen and oxygen atoms in total. The van der Waals surface area contributed by atoms with Crippen molar-refractivity contribution in [3.8, 4) is 5.75 Å². The SMILES string of the molecule is [C-]#[N+]c1cc2c(c(N(C)Cc3ccncc3)c1)OCC(N(Cc1ccsc1)S(C)(=O)=O)C2. The molecule has 0 saturated heterocycles. The van der Waals surface area contributed by atoms with Gasteiger partial charge in [-0.05, 0) is 64.2 Å². The molecule has 0 spiro atoms. The van der Waals surface area contributed by atoms with Crippen molar-refractivity contribution in [2.75, 3.05) is 24.8 Å². The van der Waals surface area contributed by atoms with Crippen LogP contribution in [0.3, 0.4) is 0 Å². The zero-order valence-electron chi connectivity index (χ0n) is 17.9. The molecule has 4 rings (SSSR count). The van der Waals surface area contributed by atoms with E-state index >= 15 is 0 Å². The molecule has 0 radical (unpaired) electrons. The molecule has 0 amide bonds. The number of pyridine rings is 1. The van der Waals surface area contributed by atoms with Gasteiger partial charge in [-0.2, -0.15) is 15.6 Å². The van der Waals surface area contributed by atoms with Crippen molar-refractivity contribution in [2.45, 2.75) is 25.6 Å². The fraction of sp³-hybridized carbons (Fsp3) is 0.304. The van der Waals surface area contributed by atoms with Gasteiger partial charge in [0.25, 0.3) is 0 Å². The summed E-state index contributed by atoms with van der Waals surface area (Å²) in [4.78, 5) is 9.74. The van der Waals surface area contributed by atoms with Crippen LogP contribution in [0.25, 0.3) is 4.85 Å². The number of thiophene rings is 1. The number of hydrogen-bond acceptors (Lipinski definition) is 6. The number of rotatable bonds is 7. The standard InChI is InChI=1S/C23H24N4O3S2/c1-24-20-10-19-11-21(27(32(3,28)29)14-18-6-9-31-16-18)15-30-23(19)22(12-20)26(2)13-17-4-7-25-8-5-17/h4-10,12,16,21H,11,13-15H2,2-3H3. The summed E-state index contributed by atoms with van der Waals surface area (Å²) in [6.07, 6.45) is 5.23. The smallest absolute Gasteiger partial charge is 0.211 e. The quantitative estimate of drug-likeness (QED) is 0.489. The van der Waals surface area contributed by atoms with Crippen LogP contribution < -0.4 is 9.64 Å². The Hall–Kier alpha value is -2.93. The van der Waals surface area contributed by atoms with E-state index < -0.39 is 10.0 Å². The van der Waals surface area contributed by atoms with E-state index in [0.29, 0.717) is 30.9 Å². The molecule has 32 heavy (non-hydrogen) atoms. The molecule has 3 aromatic rings. The fourth-order valence-electron chi connectivity index (χ4n) is 3.93. The van der Waals surface area contributed by atoms with Gasteiger partial charge < -0.3 is 9.64 Å². The molecule has 1 aliphatic rings. The summed E-state index contributed by atoms with van der Waals surface area (Å²) in [6.45, 7) is 8.74. The Balaban J connectivity index is 1.64. The Labute approximate surface area is 192 Å². The summed E-state index contributed by atoms with van der Waals surface area (Å²) in [5.41, 5.74) is 4.24. The Morgan fingerprint density at radius 1 is 1.22 bits per heavy atom. The van der Waals surface area contributed by atoms with Crippen LogP contribution in [0.5, 0.6) is 5.75 Å². The van der Waals surface area contributed by atoms with Crippen LogP contribution in [-0.2, 0) is 29.5 Å². The summed E-state index contributed by atoms with van der Waals surface area (Å²) in [5.74, 6) is 0.717. The lowest BCUT2D eigenvalue weighted by atomic mass is 10.00. The van der Waals surface area contributed by atoms with Crippen LogP contribution in [-0.4, -0.2) is 43.7 Å². The van der Waals surface area contributed by atoms with E-state index in [-0.39, 0.29) is 12.6 Å². The first-order valence-electron chi connectivity index (χ1n) is 10.1. The highest BCUT2D eigenvalue weighted by Gasteiger charge is 2.33. The summed E-state index contributed by atoms with van der Waals surface area (Å²) < 4.78 is 32.8. The first-order valence-corrected chi connectivity index (χ1v) is 12.9. The van der Waals surface area contributed by atoms with E-state index in [1.807, 2.05) is 53.0 Å². The van der Waals surface area contributed by atoms with Crippen molar-refractivity contribution in [1.29, 1.82) is 0 Å². The Morgan fingerprint density at radius 3 is 2.66 bits per heavy atom. The van der Waals surface area contributed by atoms with Gasteiger partial charge >= 0.3 is 0 Å². The zero-order chi connectivity index (χ0) is 22.7. The average Bonchev–Trinajstić information content (AvgIpc) is 3.29. The van der Waals surface area contributed by atoms with Crippen LogP contribution in [0.15, 0.2) is 53.5 Å². The second-order valence-electron chi connectivity index (χ2n) is 7.89. The lowest BCUT2D eigenvalue weighted by Gasteiger charge is -2.35. The normalized spacial score (nSPS) is 15.6. The molecule has 1 aromatic carbocycles. The van der Waals surface area contributed by atoms with E-state index in [2.05, 4.69) is 9.83 Å². The van der Waals surface area contributed by atoms with Crippen LogP contribution >= 0.6 is 11.3 Å². The van der Waals surface area contributed by atoms with Crippen LogP contribution in [0.4, 0.5) is 11.4 Å². The minimum absolute atomic E-state index is 0.262. The maximum atomic E-state index is 12.6. The van der Waals surface area contributed by atoms with E-state index in [0.717, 1.165) is 22.4 Å². The van der Waals surface area contributed by atoms with Crippen LogP contribution in [0.1, 0.15) is 16.7 Å². The number of benzene rings is 1. The highest BCUT2D eigenvalue weighted by Crippen LogP contribution is 2.40. The van der Waals surface area contributed by atoms with E-state index in [4.69, 9.17) is 11.3 Å². The molecule has 166 valence electrons. The summed E-state index contributed by atoms with van der Waals surface area (Å²) >= 11 is 1.54. The topological polar surface area (TPSA) is 67.1 Å². The first-order chi connectivity index (χ1) is 15.3. The van der Waals surface area contributed by atoms with Crippen LogP contribution in [0.2, 0.25) is 0 Å². The molecule has 1 aliphatic heterocycles. The number of hydrogen-bond donors (Lipinski definition) is 0. The Morgan fingerprint density at radius 2 is 2.00 bits per heavy atom. The number of aromatic nitrogens is 1. The van der Waals surface area contributed by atoms with Gasteiger partial charge in [0.05, 0.1) is 24.6 Å². The molecule has 1 atom stereocenters. The third kappa shape index (κ3) is 4.93. The van der Waals surface area contributed by atoms with Gasteiger partial charge in [0.15, 0.2) is 5.69 Å². The van der Waals surface area contributed by atoms with Gasteiger partial charge in [0.1, 0.15) is 12.4 Å². The molecule has 0 N–H and O–H groups in total. The minimum atomic E-state index is -3.44. The first kappa shape index (κ1) is 22.3. The molecule has 1 unspecified atom stereocenters. The van der Waals surface area contributed by atoms with Gasteiger partial charge in [-0.1, -0.05) is 0 Å². The van der Waals surface area contributed by atoms with Crippen molar-refractivity contribution in [2.24, 2.45) is 0 Å². The summed E-state index contributed by atoms with van der Waals surface area (Å²) in [7, 11) is -1.49. The molecule has 0 fully saturated rings. The molecule has 3 heterocycles. The predicted octanol–water partition coefficient (Wildman–Crippen LogP) is 4.10. The van der Waals surface area contributed by atoms with Crippen molar-refractivity contribution < 1.29 is 13.2 Å². The van der Waals surface area contributed by atoms with Crippen molar-refractivity contribution in [3.63, 3.8) is 0 Å². The highest BCUT2D eigenvalue weighted by molar-refractivity contribution is 7.88. The molecule has 9 heteroatoms. The number of anilines is 1. The Bertz CT molecular complexity index is 1220. The number of ether oxygens (including phenoxy) is 1. The minimum Gasteiger partial charge on any atom is -0.490 e. The third-order valence-electron chi connectivity index (χ3n) is 5.47. The zero-order valence-corrected chi connectivity index (χ0v) is 19.6. The van der Waals surface area contributed by atoms with Crippen molar-refractivity contribution in [1.82, 2.24) is 9.29 Å². The van der Waals surface area contributed by atoms with Gasteiger partial charge in [-0.15, -0.1) is 0 Å². The largest absolute Gasteiger partial charge is 0.490 e. The lowest BCUT2D eigenvalue weighted by Crippen LogP contribution is -2.45. The summed E-state index contributed by atoms with van der Waals surface area (Å²) in [6, 6.07) is 9.14. The van der Waals surface area contributed by atoms with Gasteiger partial charge in [0.2, 0.25) is 10.0 Å². The van der Waals surface area contributed by atoms with Crippen LogP contribution in [0, 0.1) is 6.57 Å². The fourth-order valence-corrected chi connectivity index (χ4v) is 5.65. The molecule has 0 saturated carbocycles. The maximum absolute atomic E-state index is 12.6. The van der Waals surface area contributed by atoms with Crippen molar-refractivity contribution >= 4 is 32.7 Å². The molecular weight excluding hydrogens is 444 g/mol. The maximum Gasteiger partial charge on any atom is 0.211 e. The van der Waals surface area contributed by atoms with E-state index in [1.54, 1.807) is 23.7 Å². The third-order valence-corrected chi connectivity index (χ3v) is 7.48. The van der Waals surface area contributed by atoms with Gasteiger partial charge in [-0.25, -0.2) is 13.3 Å². The second-order valence-corrected chi connectivity index (χ2v) is 10.6. The highest BCUT2D eigenvalue weighted by atomic mass is 32.2. The number of nitrogens with zero attached hydrogens (tertiary/aromatic N) is 4. The van der Waals surface area contributed by atoms with Crippen molar-refractivity contribution in [3.05, 3.63) is 81.6 Å². The lowest BCUT2D eigenvalue weighted by molar-refractivity contribution is 0.180. The molecule has 0 aliphatic carbocycles. The van der Waals surface area contributed by atoms with Gasteiger partial charge in [0, 0.05) is 32.5 Å². The van der Waals surface area contributed by atoms with E-state index in [9.17, 15) is 8.42 Å². The van der Waals surface area contributed by atoms with E-state index in [1.165, 1.54) is 10.6 Å². The second kappa shape index (κ2) is 9.28. The molecule has 0 bridgehead atoms. The molecule has 2 aromatic heterocycles. The predicted molar refractivity (Wildman–Crippen MR) is 127 cm³/mol. The number of fused-ring (bicyclic) bond motifs is 1. The monoisotopic (exact) mass is 468 g/mol.